The van der Waals surface area contributed by atoms with Gasteiger partial charge in [0.1, 0.15) is 0 Å². The highest BCUT2D eigenvalue weighted by molar-refractivity contribution is 7.67. The number of thiophene rings is 1. The van der Waals surface area contributed by atoms with E-state index < -0.39 is 0 Å². The predicted molar refractivity (Wildman–Crippen MR) is 64.1 cm³/mol. The average molecular weight is 212 g/mol. The zero-order valence-corrected chi connectivity index (χ0v) is 10.3. The van der Waals surface area contributed by atoms with Crippen molar-refractivity contribution in [1.82, 2.24) is 0 Å². The maximum atomic E-state index is 2.45. The van der Waals surface area contributed by atoms with Gasteiger partial charge in [0.2, 0.25) is 0 Å². The molecule has 0 aliphatic carbocycles. The molecular weight excluding hydrogens is 195 g/mol. The van der Waals surface area contributed by atoms with Gasteiger partial charge in [0.05, 0.1) is 0 Å². The summed E-state index contributed by atoms with van der Waals surface area (Å²) in [4.78, 5) is 3.30. The van der Waals surface area contributed by atoms with E-state index in [0.717, 1.165) is 5.92 Å². The van der Waals surface area contributed by atoms with Crippen molar-refractivity contribution in [2.75, 3.05) is 12.3 Å². The van der Waals surface area contributed by atoms with Crippen LogP contribution in [0.25, 0.3) is 0 Å². The molecule has 2 heteroatoms. The molecule has 0 radical (unpaired) electrons. The summed E-state index contributed by atoms with van der Waals surface area (Å²) in [5, 5.41) is 1.78. The molecule has 0 spiro atoms. The highest BCUT2D eigenvalue weighted by atomic mass is 32.1. The molecule has 1 fully saturated rings. The van der Waals surface area contributed by atoms with Crippen molar-refractivity contribution in [3.8, 4) is 0 Å². The molecule has 2 aliphatic heterocycles. The van der Waals surface area contributed by atoms with Crippen molar-refractivity contribution >= 4 is 24.6 Å². The number of hydrogen-bond donors (Lipinski definition) is 0. The SMILES string of the molecule is CC.Cc1cc2c(s1)C1CCP2C1. The summed E-state index contributed by atoms with van der Waals surface area (Å²) in [6.07, 6.45) is 4.57. The highest BCUT2D eigenvalue weighted by Gasteiger charge is 2.37. The molecule has 1 aromatic heterocycles. The lowest BCUT2D eigenvalue weighted by atomic mass is 10.1. The van der Waals surface area contributed by atoms with Crippen LogP contribution in [0.3, 0.4) is 0 Å². The number of aryl methyl sites for hydroxylation is 1. The monoisotopic (exact) mass is 212 g/mol. The van der Waals surface area contributed by atoms with E-state index in [-0.39, 0.29) is 0 Å². The molecule has 0 amide bonds. The Balaban J connectivity index is 0.000000308. The number of rotatable bonds is 0. The van der Waals surface area contributed by atoms with Crippen molar-refractivity contribution in [3.05, 3.63) is 15.8 Å². The topological polar surface area (TPSA) is 0 Å². The van der Waals surface area contributed by atoms with Crippen LogP contribution >= 0.6 is 19.3 Å². The third-order valence-corrected chi connectivity index (χ3v) is 6.86. The van der Waals surface area contributed by atoms with Gasteiger partial charge in [-0.05, 0) is 43.0 Å². The zero-order chi connectivity index (χ0) is 9.42. The van der Waals surface area contributed by atoms with Gasteiger partial charge in [-0.2, -0.15) is 0 Å². The smallest absolute Gasteiger partial charge is 0.0159 e. The molecule has 0 N–H and O–H groups in total. The summed E-state index contributed by atoms with van der Waals surface area (Å²) in [7, 11) is 0.347. The van der Waals surface area contributed by atoms with Gasteiger partial charge < -0.3 is 0 Å². The second-order valence-corrected chi connectivity index (χ2v) is 7.20. The lowest BCUT2D eigenvalue weighted by Gasteiger charge is -2.08. The standard InChI is InChI=1S/C9H11PS.C2H6/c1-6-4-8-9(11-6)7-2-3-10(8)5-7;1-2/h4,7H,2-3,5H2,1H3;1-2H3. The maximum Gasteiger partial charge on any atom is 0.0159 e. The Kier molecular flexibility index (Phi) is 2.76. The van der Waals surface area contributed by atoms with Crippen LogP contribution in [0.1, 0.15) is 35.9 Å². The molecule has 3 heterocycles. The molecule has 3 rings (SSSR count). The summed E-state index contributed by atoms with van der Waals surface area (Å²) >= 11 is 2.06. The first-order valence-electron chi connectivity index (χ1n) is 5.20. The lowest BCUT2D eigenvalue weighted by molar-refractivity contribution is 0.804. The zero-order valence-electron chi connectivity index (χ0n) is 8.63. The second-order valence-electron chi connectivity index (χ2n) is 3.54. The Morgan fingerprint density at radius 1 is 1.46 bits per heavy atom. The van der Waals surface area contributed by atoms with Gasteiger partial charge in [0.25, 0.3) is 0 Å². The quantitative estimate of drug-likeness (QED) is 0.575. The van der Waals surface area contributed by atoms with Crippen molar-refractivity contribution < 1.29 is 0 Å². The van der Waals surface area contributed by atoms with Crippen molar-refractivity contribution in [1.29, 1.82) is 0 Å². The van der Waals surface area contributed by atoms with Crippen LogP contribution < -0.4 is 5.30 Å². The number of fused-ring (bicyclic) bond motifs is 5. The Morgan fingerprint density at radius 3 is 2.92 bits per heavy atom. The van der Waals surface area contributed by atoms with Crippen molar-refractivity contribution in [3.63, 3.8) is 0 Å². The molecular formula is C11H17PS. The van der Waals surface area contributed by atoms with E-state index in [2.05, 4.69) is 24.3 Å². The van der Waals surface area contributed by atoms with Crippen LogP contribution in [-0.4, -0.2) is 12.3 Å². The summed E-state index contributed by atoms with van der Waals surface area (Å²) in [6.45, 7) is 6.25. The fourth-order valence-electron chi connectivity index (χ4n) is 2.25. The molecule has 2 unspecified atom stereocenters. The van der Waals surface area contributed by atoms with Crippen LogP contribution in [0.15, 0.2) is 6.07 Å². The van der Waals surface area contributed by atoms with Gasteiger partial charge in [-0.3, -0.25) is 0 Å². The minimum atomic E-state index is 0.347. The Labute approximate surface area is 86.1 Å². The van der Waals surface area contributed by atoms with Crippen LogP contribution in [0.4, 0.5) is 0 Å². The molecule has 0 saturated carbocycles. The minimum absolute atomic E-state index is 0.347. The minimum Gasteiger partial charge on any atom is -0.145 e. The fraction of sp³-hybridized carbons (Fsp3) is 0.636. The van der Waals surface area contributed by atoms with Crippen LogP contribution in [-0.2, 0) is 0 Å². The summed E-state index contributed by atoms with van der Waals surface area (Å²) in [6, 6.07) is 2.45. The van der Waals surface area contributed by atoms with Gasteiger partial charge in [0.15, 0.2) is 0 Å². The fourth-order valence-corrected chi connectivity index (χ4v) is 7.05. The average Bonchev–Trinajstić information content (AvgIpc) is 2.77. The maximum absolute atomic E-state index is 2.45. The van der Waals surface area contributed by atoms with Gasteiger partial charge in [-0.15, -0.1) is 11.3 Å². The molecule has 13 heavy (non-hydrogen) atoms. The van der Waals surface area contributed by atoms with Crippen molar-refractivity contribution in [2.24, 2.45) is 0 Å². The van der Waals surface area contributed by atoms with Gasteiger partial charge >= 0.3 is 0 Å². The summed E-state index contributed by atoms with van der Waals surface area (Å²) < 4.78 is 0. The van der Waals surface area contributed by atoms with Gasteiger partial charge in [0, 0.05) is 9.75 Å². The Hall–Kier alpha value is 0.130. The first-order valence-corrected chi connectivity index (χ1v) is 7.73. The molecule has 1 aromatic rings. The molecule has 0 nitrogen and oxygen atoms in total. The summed E-state index contributed by atoms with van der Waals surface area (Å²) in [5.41, 5.74) is 0. The first-order chi connectivity index (χ1) is 6.34. The van der Waals surface area contributed by atoms with Gasteiger partial charge in [-0.25, -0.2) is 0 Å². The van der Waals surface area contributed by atoms with E-state index in [9.17, 15) is 0 Å². The third kappa shape index (κ3) is 1.47. The van der Waals surface area contributed by atoms with Crippen LogP contribution in [0.5, 0.6) is 0 Å². The first kappa shape index (κ1) is 9.68. The van der Waals surface area contributed by atoms with E-state index in [0.29, 0.717) is 7.92 Å². The normalized spacial score (nSPS) is 28.2. The van der Waals surface area contributed by atoms with E-state index in [1.807, 2.05) is 13.8 Å². The van der Waals surface area contributed by atoms with E-state index in [1.165, 1.54) is 23.6 Å². The van der Waals surface area contributed by atoms with Crippen LogP contribution in [0.2, 0.25) is 0 Å². The lowest BCUT2D eigenvalue weighted by Crippen LogP contribution is -2.03. The van der Waals surface area contributed by atoms with Crippen LogP contribution in [0, 0.1) is 6.92 Å². The summed E-state index contributed by atoms with van der Waals surface area (Å²) in [5.74, 6) is 0.995. The van der Waals surface area contributed by atoms with E-state index in [4.69, 9.17) is 0 Å². The van der Waals surface area contributed by atoms with Gasteiger partial charge in [-0.1, -0.05) is 21.8 Å². The second kappa shape index (κ2) is 3.71. The largest absolute Gasteiger partial charge is 0.145 e. The third-order valence-electron chi connectivity index (χ3n) is 2.76. The molecule has 2 bridgehead atoms. The molecule has 1 saturated heterocycles. The Bertz CT molecular complexity index is 276. The molecule has 2 atom stereocenters. The molecule has 72 valence electrons. The number of hydrogen-bond acceptors (Lipinski definition) is 1. The van der Waals surface area contributed by atoms with E-state index in [1.54, 1.807) is 10.2 Å². The molecule has 0 aromatic carbocycles. The predicted octanol–water partition coefficient (Wildman–Crippen LogP) is 3.69. The highest BCUT2D eigenvalue weighted by Crippen LogP contribution is 2.57. The van der Waals surface area contributed by atoms with Crippen molar-refractivity contribution in [2.45, 2.75) is 33.1 Å². The molecule has 2 aliphatic rings. The van der Waals surface area contributed by atoms with E-state index >= 15 is 0 Å². The Morgan fingerprint density at radius 2 is 2.23 bits per heavy atom.